The number of imidazole rings is 1. The standard InChI is InChI=1S/C12H16F3N5/c1-16-4-3-10-11(20-8-19-10)7-18-6-9(5-17-2)12(13,14)15/h5-6,8,16H,2-4,7H2,1H3,(H,19,20)/b9-5+,18-6?. The highest BCUT2D eigenvalue weighted by molar-refractivity contribution is 5.80. The molecule has 0 bridgehead atoms. The van der Waals surface area contributed by atoms with Gasteiger partial charge in [0, 0.05) is 25.4 Å². The van der Waals surface area contributed by atoms with Gasteiger partial charge in [-0.1, -0.05) is 0 Å². The van der Waals surface area contributed by atoms with Gasteiger partial charge in [0.2, 0.25) is 0 Å². The quantitative estimate of drug-likeness (QED) is 0.752. The van der Waals surface area contributed by atoms with Gasteiger partial charge in [-0.25, -0.2) is 4.98 Å². The van der Waals surface area contributed by atoms with Crippen molar-refractivity contribution in [1.82, 2.24) is 15.3 Å². The molecule has 8 heteroatoms. The number of aromatic nitrogens is 2. The summed E-state index contributed by atoms with van der Waals surface area (Å²) in [7, 11) is 1.81. The van der Waals surface area contributed by atoms with Crippen LogP contribution in [0.1, 0.15) is 11.4 Å². The van der Waals surface area contributed by atoms with Crippen LogP contribution in [0.5, 0.6) is 0 Å². The van der Waals surface area contributed by atoms with Gasteiger partial charge in [0.25, 0.3) is 0 Å². The molecule has 0 saturated heterocycles. The lowest BCUT2D eigenvalue weighted by atomic mass is 10.2. The van der Waals surface area contributed by atoms with Crippen LogP contribution in [-0.2, 0) is 13.0 Å². The van der Waals surface area contributed by atoms with Gasteiger partial charge in [0.1, 0.15) is 0 Å². The van der Waals surface area contributed by atoms with Crippen molar-refractivity contribution in [3.05, 3.63) is 29.5 Å². The molecular weight excluding hydrogens is 271 g/mol. The fourth-order valence-electron chi connectivity index (χ4n) is 1.46. The number of halogens is 3. The van der Waals surface area contributed by atoms with E-state index in [1.54, 1.807) is 0 Å². The molecular formula is C12H16F3N5. The summed E-state index contributed by atoms with van der Waals surface area (Å²) in [6.45, 7) is 3.84. The zero-order chi connectivity index (χ0) is 15.0. The molecule has 0 spiro atoms. The number of nitrogens with zero attached hydrogens (tertiary/aromatic N) is 3. The van der Waals surface area contributed by atoms with Gasteiger partial charge in [-0.15, -0.1) is 0 Å². The summed E-state index contributed by atoms with van der Waals surface area (Å²) in [5.74, 6) is 0. The van der Waals surface area contributed by atoms with Crippen LogP contribution < -0.4 is 5.32 Å². The Kier molecular flexibility index (Phi) is 6.10. The first-order valence-corrected chi connectivity index (χ1v) is 5.87. The zero-order valence-electron chi connectivity index (χ0n) is 11.0. The van der Waals surface area contributed by atoms with Crippen LogP contribution in [0.3, 0.4) is 0 Å². The molecule has 0 aliphatic carbocycles. The lowest BCUT2D eigenvalue weighted by Gasteiger charge is -2.05. The third kappa shape index (κ3) is 4.96. The van der Waals surface area contributed by atoms with Crippen LogP contribution in [-0.4, -0.2) is 42.7 Å². The summed E-state index contributed by atoms with van der Waals surface area (Å²) in [5, 5.41) is 2.97. The van der Waals surface area contributed by atoms with E-state index in [9.17, 15) is 13.2 Å². The average molecular weight is 287 g/mol. The van der Waals surface area contributed by atoms with Crippen LogP contribution in [0.4, 0.5) is 13.2 Å². The molecule has 0 amide bonds. The van der Waals surface area contributed by atoms with E-state index in [4.69, 9.17) is 0 Å². The van der Waals surface area contributed by atoms with Gasteiger partial charge in [-0.05, 0) is 13.8 Å². The molecule has 20 heavy (non-hydrogen) atoms. The molecule has 0 saturated carbocycles. The number of likely N-dealkylation sites (N-methyl/N-ethyl adjacent to an activating group) is 1. The predicted molar refractivity (Wildman–Crippen MR) is 72.1 cm³/mol. The van der Waals surface area contributed by atoms with Crippen molar-refractivity contribution >= 4 is 12.9 Å². The van der Waals surface area contributed by atoms with E-state index in [-0.39, 0.29) is 6.54 Å². The van der Waals surface area contributed by atoms with E-state index < -0.39 is 11.7 Å². The summed E-state index contributed by atoms with van der Waals surface area (Å²) in [6.07, 6.45) is -0.925. The molecule has 110 valence electrons. The first kappa shape index (κ1) is 16.1. The number of hydrogen-bond donors (Lipinski definition) is 2. The normalized spacial score (nSPS) is 13.1. The number of nitrogens with one attached hydrogen (secondary N) is 2. The largest absolute Gasteiger partial charge is 0.419 e. The number of aliphatic imine (C=N–C) groups is 2. The van der Waals surface area contributed by atoms with Crippen molar-refractivity contribution in [2.24, 2.45) is 9.98 Å². The van der Waals surface area contributed by atoms with Crippen LogP contribution >= 0.6 is 0 Å². The van der Waals surface area contributed by atoms with Crippen LogP contribution in [0.15, 0.2) is 28.1 Å². The molecule has 1 aromatic rings. The van der Waals surface area contributed by atoms with Gasteiger partial charge in [-0.3, -0.25) is 9.98 Å². The second-order valence-electron chi connectivity index (χ2n) is 3.92. The summed E-state index contributed by atoms with van der Waals surface area (Å²) in [6, 6.07) is 0. The Morgan fingerprint density at radius 1 is 1.55 bits per heavy atom. The Balaban J connectivity index is 2.70. The average Bonchev–Trinajstić information content (AvgIpc) is 2.81. The smallest absolute Gasteiger partial charge is 0.347 e. The minimum absolute atomic E-state index is 0.101. The lowest BCUT2D eigenvalue weighted by molar-refractivity contribution is -0.0857. The number of allylic oxidation sites excluding steroid dienone is 1. The van der Waals surface area contributed by atoms with Gasteiger partial charge in [-0.2, -0.15) is 13.2 Å². The maximum Gasteiger partial charge on any atom is 0.419 e. The molecule has 1 rings (SSSR count). The molecule has 0 fully saturated rings. The Morgan fingerprint density at radius 3 is 2.90 bits per heavy atom. The number of hydrogen-bond acceptors (Lipinski definition) is 4. The second-order valence-corrected chi connectivity index (χ2v) is 3.92. The number of H-pyrrole nitrogens is 1. The van der Waals surface area contributed by atoms with Gasteiger partial charge in [0.15, 0.2) is 0 Å². The SMILES string of the molecule is C=N/C=C(\C=NCc1[nH]cnc1CCNC)C(F)(F)F. The van der Waals surface area contributed by atoms with E-state index in [0.29, 0.717) is 18.3 Å². The lowest BCUT2D eigenvalue weighted by Crippen LogP contribution is -2.13. The van der Waals surface area contributed by atoms with E-state index >= 15 is 0 Å². The van der Waals surface area contributed by atoms with E-state index in [0.717, 1.165) is 18.5 Å². The van der Waals surface area contributed by atoms with Crippen molar-refractivity contribution in [3.8, 4) is 0 Å². The van der Waals surface area contributed by atoms with E-state index in [1.807, 2.05) is 7.05 Å². The molecule has 0 aliphatic rings. The van der Waals surface area contributed by atoms with Crippen molar-refractivity contribution < 1.29 is 13.2 Å². The van der Waals surface area contributed by atoms with Crippen molar-refractivity contribution in [2.45, 2.75) is 19.1 Å². The topological polar surface area (TPSA) is 65.4 Å². The minimum Gasteiger partial charge on any atom is -0.347 e. The maximum absolute atomic E-state index is 12.5. The summed E-state index contributed by atoms with van der Waals surface area (Å²) < 4.78 is 37.6. The summed E-state index contributed by atoms with van der Waals surface area (Å²) in [5.41, 5.74) is 0.546. The highest BCUT2D eigenvalue weighted by Gasteiger charge is 2.32. The molecule has 1 heterocycles. The molecule has 1 aromatic heterocycles. The second kappa shape index (κ2) is 7.59. The third-order valence-electron chi connectivity index (χ3n) is 2.46. The van der Waals surface area contributed by atoms with Gasteiger partial charge < -0.3 is 10.3 Å². The Labute approximate surface area is 114 Å². The molecule has 5 nitrogen and oxygen atoms in total. The highest BCUT2D eigenvalue weighted by atomic mass is 19.4. The Hall–Kier alpha value is -1.96. The first-order valence-electron chi connectivity index (χ1n) is 5.87. The predicted octanol–water partition coefficient (Wildman–Crippen LogP) is 1.89. The molecule has 2 N–H and O–H groups in total. The van der Waals surface area contributed by atoms with Crippen molar-refractivity contribution in [1.29, 1.82) is 0 Å². The van der Waals surface area contributed by atoms with Crippen molar-refractivity contribution in [3.63, 3.8) is 0 Å². The van der Waals surface area contributed by atoms with Crippen LogP contribution in [0.25, 0.3) is 0 Å². The van der Waals surface area contributed by atoms with Gasteiger partial charge in [0.05, 0.1) is 29.8 Å². The van der Waals surface area contributed by atoms with Crippen molar-refractivity contribution in [2.75, 3.05) is 13.6 Å². The Morgan fingerprint density at radius 2 is 2.30 bits per heavy atom. The third-order valence-corrected chi connectivity index (χ3v) is 2.46. The molecule has 0 radical (unpaired) electrons. The van der Waals surface area contributed by atoms with Crippen LogP contribution in [0, 0.1) is 0 Å². The molecule has 0 aromatic carbocycles. The highest BCUT2D eigenvalue weighted by Crippen LogP contribution is 2.24. The minimum atomic E-state index is -4.49. The van der Waals surface area contributed by atoms with Crippen LogP contribution in [0.2, 0.25) is 0 Å². The fraction of sp³-hybridized carbons (Fsp3) is 0.417. The monoisotopic (exact) mass is 287 g/mol. The summed E-state index contributed by atoms with van der Waals surface area (Å²) in [4.78, 5) is 13.9. The van der Waals surface area contributed by atoms with Gasteiger partial charge >= 0.3 is 6.18 Å². The fourth-order valence-corrected chi connectivity index (χ4v) is 1.46. The number of aromatic amines is 1. The molecule has 0 aliphatic heterocycles. The maximum atomic E-state index is 12.5. The molecule has 0 atom stereocenters. The summed E-state index contributed by atoms with van der Waals surface area (Å²) >= 11 is 0. The number of rotatable bonds is 7. The zero-order valence-corrected chi connectivity index (χ0v) is 11.0. The first-order chi connectivity index (χ1) is 9.49. The molecule has 0 unspecified atom stereocenters. The van der Waals surface area contributed by atoms with E-state index in [1.165, 1.54) is 6.33 Å². The van der Waals surface area contributed by atoms with E-state index in [2.05, 4.69) is 32.0 Å². The number of alkyl halides is 3. The Bertz CT molecular complexity index is 488.